The standard InChI is InChI=1S/C21H17N3O3S/c25-20(23-22-17-11-15-5-1-2-6-16(15)12-17)13-24-18-9-3-7-14-8-4-10-19(21(14)18)28(24,26)27/h1-10H,11-13H2,(H,23,25). The van der Waals surface area contributed by atoms with Crippen molar-refractivity contribution >= 4 is 38.1 Å². The predicted octanol–water partition coefficient (Wildman–Crippen LogP) is 2.62. The summed E-state index contributed by atoms with van der Waals surface area (Å²) in [5, 5.41) is 5.72. The van der Waals surface area contributed by atoms with Gasteiger partial charge in [0.2, 0.25) is 0 Å². The zero-order valence-corrected chi connectivity index (χ0v) is 15.7. The smallest absolute Gasteiger partial charge is 0.265 e. The van der Waals surface area contributed by atoms with Crippen molar-refractivity contribution in [3.05, 3.63) is 71.8 Å². The molecule has 28 heavy (non-hydrogen) atoms. The molecule has 1 amide bonds. The monoisotopic (exact) mass is 391 g/mol. The van der Waals surface area contributed by atoms with Crippen LogP contribution < -0.4 is 9.73 Å². The molecule has 0 spiro atoms. The van der Waals surface area contributed by atoms with Gasteiger partial charge in [-0.1, -0.05) is 48.5 Å². The topological polar surface area (TPSA) is 78.8 Å². The number of anilines is 1. The van der Waals surface area contributed by atoms with Crippen LogP contribution >= 0.6 is 0 Å². The van der Waals surface area contributed by atoms with Gasteiger partial charge in [-0.25, -0.2) is 13.8 Å². The van der Waals surface area contributed by atoms with Crippen LogP contribution in [0.1, 0.15) is 11.1 Å². The summed E-state index contributed by atoms with van der Waals surface area (Å²) >= 11 is 0. The second-order valence-corrected chi connectivity index (χ2v) is 8.81. The van der Waals surface area contributed by atoms with E-state index < -0.39 is 15.9 Å². The zero-order chi connectivity index (χ0) is 19.3. The number of sulfonamides is 1. The lowest BCUT2D eigenvalue weighted by Gasteiger charge is -2.17. The number of hydrazone groups is 1. The lowest BCUT2D eigenvalue weighted by atomic mass is 10.1. The van der Waals surface area contributed by atoms with Gasteiger partial charge in [0.25, 0.3) is 15.9 Å². The number of carbonyl (C=O) groups is 1. The van der Waals surface area contributed by atoms with Gasteiger partial charge in [0.05, 0.1) is 10.6 Å². The van der Waals surface area contributed by atoms with E-state index in [4.69, 9.17) is 0 Å². The Balaban J connectivity index is 1.37. The number of nitrogens with one attached hydrogen (secondary N) is 1. The summed E-state index contributed by atoms with van der Waals surface area (Å²) in [6, 6.07) is 18.6. The SMILES string of the molecule is O=C(CN1c2cccc3cccc(c23)S1(=O)=O)NN=C1Cc2ccccc2C1. The van der Waals surface area contributed by atoms with Crippen LogP contribution in [0.15, 0.2) is 70.7 Å². The molecule has 0 saturated heterocycles. The highest BCUT2D eigenvalue weighted by atomic mass is 32.2. The Morgan fingerprint density at radius 2 is 1.64 bits per heavy atom. The Labute approximate surface area is 162 Å². The van der Waals surface area contributed by atoms with Gasteiger partial charge in [0, 0.05) is 23.9 Å². The first-order valence-electron chi connectivity index (χ1n) is 8.99. The normalized spacial score (nSPS) is 16.3. The van der Waals surface area contributed by atoms with Crippen molar-refractivity contribution in [3.63, 3.8) is 0 Å². The summed E-state index contributed by atoms with van der Waals surface area (Å²) in [6.07, 6.45) is 1.40. The number of carbonyl (C=O) groups excluding carboxylic acids is 1. The predicted molar refractivity (Wildman–Crippen MR) is 108 cm³/mol. The highest BCUT2D eigenvalue weighted by Crippen LogP contribution is 2.41. The van der Waals surface area contributed by atoms with Crippen LogP contribution in [0, 0.1) is 0 Å². The number of hydrogen-bond donors (Lipinski definition) is 1. The minimum Gasteiger partial charge on any atom is -0.271 e. The summed E-state index contributed by atoms with van der Waals surface area (Å²) < 4.78 is 27.0. The van der Waals surface area contributed by atoms with Gasteiger partial charge in [-0.15, -0.1) is 0 Å². The number of benzene rings is 3. The van der Waals surface area contributed by atoms with Crippen LogP contribution in [0.3, 0.4) is 0 Å². The highest BCUT2D eigenvalue weighted by molar-refractivity contribution is 7.93. The molecule has 7 heteroatoms. The summed E-state index contributed by atoms with van der Waals surface area (Å²) in [5.41, 5.74) is 6.34. The highest BCUT2D eigenvalue weighted by Gasteiger charge is 2.36. The number of amides is 1. The molecule has 3 aromatic rings. The van der Waals surface area contributed by atoms with Gasteiger partial charge in [0.1, 0.15) is 6.54 Å². The van der Waals surface area contributed by atoms with Gasteiger partial charge in [-0.2, -0.15) is 5.10 Å². The lowest BCUT2D eigenvalue weighted by Crippen LogP contribution is -2.37. The molecule has 6 nitrogen and oxygen atoms in total. The zero-order valence-electron chi connectivity index (χ0n) is 14.9. The van der Waals surface area contributed by atoms with E-state index in [9.17, 15) is 13.2 Å². The van der Waals surface area contributed by atoms with E-state index >= 15 is 0 Å². The van der Waals surface area contributed by atoms with Gasteiger partial charge in [0.15, 0.2) is 0 Å². The lowest BCUT2D eigenvalue weighted by molar-refractivity contribution is -0.119. The largest absolute Gasteiger partial charge is 0.271 e. The fourth-order valence-corrected chi connectivity index (χ4v) is 5.59. The molecule has 2 aliphatic rings. The summed E-state index contributed by atoms with van der Waals surface area (Å²) in [7, 11) is -3.75. The van der Waals surface area contributed by atoms with Crippen LogP contribution in [0.4, 0.5) is 5.69 Å². The van der Waals surface area contributed by atoms with E-state index in [0.29, 0.717) is 23.9 Å². The minimum absolute atomic E-state index is 0.242. The van der Waals surface area contributed by atoms with Crippen LogP contribution in [0.5, 0.6) is 0 Å². The molecule has 0 fully saturated rings. The molecule has 0 aromatic heterocycles. The van der Waals surface area contributed by atoms with Gasteiger partial charge in [-0.05, 0) is 28.6 Å². The Bertz CT molecular complexity index is 1230. The van der Waals surface area contributed by atoms with Gasteiger partial charge < -0.3 is 0 Å². The average molecular weight is 391 g/mol. The molecular formula is C21H17N3O3S. The molecule has 1 aliphatic carbocycles. The molecule has 140 valence electrons. The third-order valence-electron chi connectivity index (χ3n) is 5.21. The summed E-state index contributed by atoms with van der Waals surface area (Å²) in [6.45, 7) is -0.306. The van der Waals surface area contributed by atoms with Gasteiger partial charge >= 0.3 is 0 Å². The van der Waals surface area contributed by atoms with Crippen molar-refractivity contribution in [2.45, 2.75) is 17.7 Å². The fraction of sp³-hybridized carbons (Fsp3) is 0.143. The maximum atomic E-state index is 12.9. The van der Waals surface area contributed by atoms with E-state index in [-0.39, 0.29) is 11.4 Å². The first-order chi connectivity index (χ1) is 13.5. The van der Waals surface area contributed by atoms with Crippen LogP contribution in [0.2, 0.25) is 0 Å². The van der Waals surface area contributed by atoms with E-state index in [2.05, 4.69) is 10.5 Å². The number of nitrogens with zero attached hydrogens (tertiary/aromatic N) is 2. The molecule has 1 heterocycles. The Kier molecular flexibility index (Phi) is 3.73. The first kappa shape index (κ1) is 16.9. The number of hydrogen-bond acceptors (Lipinski definition) is 4. The third-order valence-corrected chi connectivity index (χ3v) is 7.02. The Morgan fingerprint density at radius 3 is 2.36 bits per heavy atom. The van der Waals surface area contributed by atoms with Gasteiger partial charge in [-0.3, -0.25) is 9.10 Å². The summed E-state index contributed by atoms with van der Waals surface area (Å²) in [5.74, 6) is -0.461. The second-order valence-electron chi connectivity index (χ2n) is 6.98. The molecule has 0 radical (unpaired) electrons. The number of fused-ring (bicyclic) bond motifs is 1. The third kappa shape index (κ3) is 2.58. The van der Waals surface area contributed by atoms with Crippen molar-refractivity contribution in [2.24, 2.45) is 5.10 Å². The maximum Gasteiger partial charge on any atom is 0.265 e. The maximum absolute atomic E-state index is 12.9. The summed E-state index contributed by atoms with van der Waals surface area (Å²) in [4.78, 5) is 12.7. The molecule has 0 atom stereocenters. The van der Waals surface area contributed by atoms with Crippen molar-refractivity contribution in [1.29, 1.82) is 0 Å². The second kappa shape index (κ2) is 6.17. The molecule has 0 bridgehead atoms. The molecule has 3 aromatic carbocycles. The van der Waals surface area contributed by atoms with E-state index in [1.54, 1.807) is 24.3 Å². The fourth-order valence-electron chi connectivity index (χ4n) is 3.92. The van der Waals surface area contributed by atoms with Crippen molar-refractivity contribution < 1.29 is 13.2 Å². The Hall–Kier alpha value is -3.19. The van der Waals surface area contributed by atoms with E-state index in [1.165, 1.54) is 11.1 Å². The van der Waals surface area contributed by atoms with Crippen molar-refractivity contribution in [1.82, 2.24) is 5.43 Å². The molecule has 5 rings (SSSR count). The minimum atomic E-state index is -3.75. The molecule has 0 unspecified atom stereocenters. The van der Waals surface area contributed by atoms with Crippen LogP contribution in [-0.4, -0.2) is 26.6 Å². The average Bonchev–Trinajstić information content (AvgIpc) is 3.20. The molecule has 1 N–H and O–H groups in total. The quantitative estimate of drug-likeness (QED) is 0.697. The number of rotatable bonds is 3. The van der Waals surface area contributed by atoms with E-state index in [0.717, 1.165) is 15.4 Å². The van der Waals surface area contributed by atoms with Crippen molar-refractivity contribution in [3.8, 4) is 0 Å². The van der Waals surface area contributed by atoms with Crippen molar-refractivity contribution in [2.75, 3.05) is 10.8 Å². The molecule has 0 saturated carbocycles. The van der Waals surface area contributed by atoms with E-state index in [1.807, 2.05) is 36.4 Å². The molecule has 1 aliphatic heterocycles. The van der Waals surface area contributed by atoms with Crippen LogP contribution in [-0.2, 0) is 27.7 Å². The van der Waals surface area contributed by atoms with Crippen LogP contribution in [0.25, 0.3) is 10.8 Å². The first-order valence-corrected chi connectivity index (χ1v) is 10.4. The molecular weight excluding hydrogens is 374 g/mol. The Morgan fingerprint density at radius 1 is 0.964 bits per heavy atom.